The molecule has 1 saturated carbocycles. The second-order valence-corrected chi connectivity index (χ2v) is 7.46. The molecular formula is C15H29ClN2OS. The van der Waals surface area contributed by atoms with E-state index >= 15 is 0 Å². The van der Waals surface area contributed by atoms with Crippen molar-refractivity contribution in [2.75, 3.05) is 25.9 Å². The van der Waals surface area contributed by atoms with Crippen LogP contribution in [0.2, 0.25) is 0 Å². The average molecular weight is 321 g/mol. The van der Waals surface area contributed by atoms with Crippen LogP contribution in [0.1, 0.15) is 46.0 Å². The van der Waals surface area contributed by atoms with Gasteiger partial charge in [0.2, 0.25) is 5.91 Å². The lowest BCUT2D eigenvalue weighted by molar-refractivity contribution is -0.123. The van der Waals surface area contributed by atoms with Crippen LogP contribution in [0, 0.1) is 11.3 Å². The molecule has 0 bridgehead atoms. The molecule has 1 atom stereocenters. The van der Waals surface area contributed by atoms with Crippen molar-refractivity contribution in [2.45, 2.75) is 50.7 Å². The quantitative estimate of drug-likeness (QED) is 0.790. The molecule has 2 N–H and O–H groups in total. The van der Waals surface area contributed by atoms with E-state index in [0.29, 0.717) is 17.2 Å². The maximum atomic E-state index is 12.3. The lowest BCUT2D eigenvalue weighted by atomic mass is 9.91. The molecule has 0 aromatic rings. The number of amides is 1. The number of halogens is 1. The zero-order valence-corrected chi connectivity index (χ0v) is 14.6. The number of hydrogen-bond donors (Lipinski definition) is 2. The first-order valence-corrected chi connectivity index (χ1v) is 8.87. The molecule has 1 spiro atoms. The number of nitrogens with one attached hydrogen (secondary N) is 2. The van der Waals surface area contributed by atoms with Crippen LogP contribution in [0.5, 0.6) is 0 Å². The Morgan fingerprint density at radius 3 is 2.45 bits per heavy atom. The van der Waals surface area contributed by atoms with Crippen LogP contribution < -0.4 is 10.6 Å². The molecule has 5 heteroatoms. The van der Waals surface area contributed by atoms with Gasteiger partial charge in [0.05, 0.1) is 0 Å². The number of thioether (sulfide) groups is 1. The predicted molar refractivity (Wildman–Crippen MR) is 89.7 cm³/mol. The van der Waals surface area contributed by atoms with E-state index in [2.05, 4.69) is 30.7 Å². The topological polar surface area (TPSA) is 41.1 Å². The van der Waals surface area contributed by atoms with Crippen LogP contribution in [0.3, 0.4) is 0 Å². The maximum Gasteiger partial charge on any atom is 0.223 e. The van der Waals surface area contributed by atoms with Gasteiger partial charge in [-0.15, -0.1) is 12.4 Å². The molecule has 20 heavy (non-hydrogen) atoms. The molecule has 1 amide bonds. The summed E-state index contributed by atoms with van der Waals surface area (Å²) in [7, 11) is 0. The average Bonchev–Trinajstić information content (AvgIpc) is 3.15. The van der Waals surface area contributed by atoms with Gasteiger partial charge in [-0.2, -0.15) is 11.8 Å². The molecule has 0 radical (unpaired) electrons. The van der Waals surface area contributed by atoms with Gasteiger partial charge < -0.3 is 10.6 Å². The van der Waals surface area contributed by atoms with Crippen LogP contribution in [-0.4, -0.2) is 36.5 Å². The van der Waals surface area contributed by atoms with Crippen molar-refractivity contribution < 1.29 is 4.79 Å². The van der Waals surface area contributed by atoms with Gasteiger partial charge in [0, 0.05) is 17.2 Å². The minimum atomic E-state index is 0. The fraction of sp³-hybridized carbons (Fsp3) is 0.933. The van der Waals surface area contributed by atoms with Crippen molar-refractivity contribution in [3.05, 3.63) is 0 Å². The fourth-order valence-corrected chi connectivity index (χ4v) is 4.22. The summed E-state index contributed by atoms with van der Waals surface area (Å²) in [5.41, 5.74) is 0.357. The van der Waals surface area contributed by atoms with Gasteiger partial charge in [0.1, 0.15) is 0 Å². The maximum absolute atomic E-state index is 12.3. The highest BCUT2D eigenvalue weighted by molar-refractivity contribution is 8.00. The molecule has 2 fully saturated rings. The highest BCUT2D eigenvalue weighted by atomic mass is 35.5. The van der Waals surface area contributed by atoms with Crippen LogP contribution in [-0.2, 0) is 4.79 Å². The number of rotatable bonds is 6. The van der Waals surface area contributed by atoms with Gasteiger partial charge in [0.15, 0.2) is 0 Å². The first-order chi connectivity index (χ1) is 9.11. The van der Waals surface area contributed by atoms with Gasteiger partial charge in [-0.3, -0.25) is 4.79 Å². The molecule has 1 aliphatic carbocycles. The Bertz CT molecular complexity index is 320. The smallest absolute Gasteiger partial charge is 0.223 e. The standard InChI is InChI=1S/C15H28N2OS.ClH/c1-4-15(5-2,19-3)11-17-13(18)12-10-14(12)6-8-16-9-7-14;/h12,16H,4-11H2,1-3H3,(H,17,18);1H. The first-order valence-electron chi connectivity index (χ1n) is 7.65. The summed E-state index contributed by atoms with van der Waals surface area (Å²) >= 11 is 1.89. The summed E-state index contributed by atoms with van der Waals surface area (Å²) in [5, 5.41) is 6.62. The van der Waals surface area contributed by atoms with Crippen molar-refractivity contribution in [3.8, 4) is 0 Å². The van der Waals surface area contributed by atoms with E-state index in [1.807, 2.05) is 11.8 Å². The highest BCUT2D eigenvalue weighted by Gasteiger charge is 2.57. The monoisotopic (exact) mass is 320 g/mol. The number of carbonyl (C=O) groups is 1. The van der Waals surface area contributed by atoms with Gasteiger partial charge in [-0.1, -0.05) is 13.8 Å². The fourth-order valence-electron chi connectivity index (χ4n) is 3.43. The van der Waals surface area contributed by atoms with Crippen molar-refractivity contribution in [1.82, 2.24) is 10.6 Å². The Balaban J connectivity index is 0.00000200. The third-order valence-electron chi connectivity index (χ3n) is 5.41. The van der Waals surface area contributed by atoms with Crippen molar-refractivity contribution >= 4 is 30.1 Å². The SMILES string of the molecule is CCC(CC)(CNC(=O)C1CC12CCNCC2)SC.Cl. The summed E-state index contributed by atoms with van der Waals surface area (Å²) < 4.78 is 0.228. The molecular weight excluding hydrogens is 292 g/mol. The van der Waals surface area contributed by atoms with E-state index in [9.17, 15) is 4.79 Å². The van der Waals surface area contributed by atoms with Gasteiger partial charge in [0.25, 0.3) is 0 Å². The number of piperidine rings is 1. The van der Waals surface area contributed by atoms with Crippen LogP contribution in [0.15, 0.2) is 0 Å². The third kappa shape index (κ3) is 3.63. The van der Waals surface area contributed by atoms with Crippen molar-refractivity contribution in [2.24, 2.45) is 11.3 Å². The summed E-state index contributed by atoms with van der Waals surface area (Å²) in [4.78, 5) is 12.3. The summed E-state index contributed by atoms with van der Waals surface area (Å²) in [6.07, 6.45) is 7.87. The molecule has 1 heterocycles. The van der Waals surface area contributed by atoms with Crippen molar-refractivity contribution in [1.29, 1.82) is 0 Å². The molecule has 0 aromatic carbocycles. The van der Waals surface area contributed by atoms with E-state index in [-0.39, 0.29) is 17.2 Å². The summed E-state index contributed by atoms with van der Waals surface area (Å²) in [6, 6.07) is 0. The first kappa shape index (κ1) is 18.1. The van der Waals surface area contributed by atoms with E-state index in [0.717, 1.165) is 38.9 Å². The second-order valence-electron chi connectivity index (χ2n) is 6.18. The minimum absolute atomic E-state index is 0. The predicted octanol–water partition coefficient (Wildman–Crippen LogP) is 2.84. The van der Waals surface area contributed by atoms with Gasteiger partial charge in [-0.25, -0.2) is 0 Å². The van der Waals surface area contributed by atoms with Crippen LogP contribution in [0.4, 0.5) is 0 Å². The van der Waals surface area contributed by atoms with E-state index in [4.69, 9.17) is 0 Å². The van der Waals surface area contributed by atoms with Crippen LogP contribution in [0.25, 0.3) is 0 Å². The Morgan fingerprint density at radius 2 is 1.95 bits per heavy atom. The number of hydrogen-bond acceptors (Lipinski definition) is 3. The normalized spacial score (nSPS) is 24.1. The summed E-state index contributed by atoms with van der Waals surface area (Å²) in [6.45, 7) is 7.44. The zero-order valence-electron chi connectivity index (χ0n) is 13.0. The highest BCUT2D eigenvalue weighted by Crippen LogP contribution is 2.58. The minimum Gasteiger partial charge on any atom is -0.354 e. The molecule has 2 aliphatic rings. The number of carbonyl (C=O) groups excluding carboxylic acids is 1. The van der Waals surface area contributed by atoms with E-state index < -0.39 is 0 Å². The molecule has 118 valence electrons. The van der Waals surface area contributed by atoms with Gasteiger partial charge in [-0.05, 0) is 56.9 Å². The molecule has 1 aliphatic heterocycles. The Hall–Kier alpha value is 0.0700. The van der Waals surface area contributed by atoms with Crippen molar-refractivity contribution in [3.63, 3.8) is 0 Å². The lowest BCUT2D eigenvalue weighted by Crippen LogP contribution is -2.41. The molecule has 0 aromatic heterocycles. The second kappa shape index (κ2) is 7.37. The Labute approximate surface area is 133 Å². The largest absolute Gasteiger partial charge is 0.354 e. The summed E-state index contributed by atoms with van der Waals surface area (Å²) in [5.74, 6) is 0.602. The van der Waals surface area contributed by atoms with Gasteiger partial charge >= 0.3 is 0 Å². The van der Waals surface area contributed by atoms with Crippen LogP contribution >= 0.6 is 24.2 Å². The Kier molecular flexibility index (Phi) is 6.68. The molecule has 1 saturated heterocycles. The molecule has 2 rings (SSSR count). The Morgan fingerprint density at radius 1 is 1.35 bits per heavy atom. The third-order valence-corrected chi connectivity index (χ3v) is 7.00. The molecule has 3 nitrogen and oxygen atoms in total. The van der Waals surface area contributed by atoms with E-state index in [1.54, 1.807) is 0 Å². The zero-order chi connectivity index (χ0) is 13.9. The van der Waals surface area contributed by atoms with E-state index in [1.165, 1.54) is 12.8 Å². The molecule has 1 unspecified atom stereocenters. The lowest BCUT2D eigenvalue weighted by Gasteiger charge is -2.30.